The lowest BCUT2D eigenvalue weighted by atomic mass is 10.1. The molecule has 0 unspecified atom stereocenters. The van der Waals surface area contributed by atoms with Crippen molar-refractivity contribution in [2.45, 2.75) is 13.8 Å². The lowest BCUT2D eigenvalue weighted by Crippen LogP contribution is -1.86. The summed E-state index contributed by atoms with van der Waals surface area (Å²) in [7, 11) is 0. The molecule has 0 aliphatic carbocycles. The molecule has 0 aliphatic heterocycles. The number of nitrogens with zero attached hydrogens (tertiary/aromatic N) is 1. The Labute approximate surface area is 86.1 Å². The maximum Gasteiger partial charge on any atom is 0.186 e. The number of benzene rings is 1. The molecule has 0 aliphatic rings. The van der Waals surface area contributed by atoms with Crippen LogP contribution in [0.5, 0.6) is 5.75 Å². The topological polar surface area (TPSA) is 46.3 Å². The lowest BCUT2D eigenvalue weighted by molar-refractivity contribution is 0.384. The molecule has 0 saturated carbocycles. The molecule has 1 aromatic carbocycles. The summed E-state index contributed by atoms with van der Waals surface area (Å²) in [6.45, 7) is 3.41. The molecule has 15 heavy (non-hydrogen) atoms. The minimum Gasteiger partial charge on any atom is -0.503 e. The van der Waals surface area contributed by atoms with Gasteiger partial charge in [0, 0.05) is 12.5 Å². The summed E-state index contributed by atoms with van der Waals surface area (Å²) in [5, 5.41) is 13.2. The third kappa shape index (κ3) is 1.58. The molecular weight excluding hydrogens is 197 g/mol. The van der Waals surface area contributed by atoms with Gasteiger partial charge in [0.25, 0.3) is 0 Å². The minimum atomic E-state index is -0.427. The van der Waals surface area contributed by atoms with E-state index in [9.17, 15) is 9.50 Å². The monoisotopic (exact) mass is 207 g/mol. The van der Waals surface area contributed by atoms with Crippen molar-refractivity contribution in [2.75, 3.05) is 0 Å². The molecule has 1 N–H and O–H groups in total. The fourth-order valence-corrected chi connectivity index (χ4v) is 1.36. The number of hydrogen-bond acceptors (Lipinski definition) is 3. The summed E-state index contributed by atoms with van der Waals surface area (Å²) in [5.41, 5.74) is 1.30. The highest BCUT2D eigenvalue weighted by atomic mass is 19.1. The summed E-state index contributed by atoms with van der Waals surface area (Å²) < 4.78 is 18.2. The van der Waals surface area contributed by atoms with Gasteiger partial charge in [-0.2, -0.15) is 0 Å². The largest absolute Gasteiger partial charge is 0.503 e. The van der Waals surface area contributed by atoms with Gasteiger partial charge in [-0.1, -0.05) is 16.8 Å². The molecule has 0 amide bonds. The van der Waals surface area contributed by atoms with Crippen LogP contribution < -0.4 is 0 Å². The van der Waals surface area contributed by atoms with Gasteiger partial charge in [0.2, 0.25) is 0 Å². The van der Waals surface area contributed by atoms with Gasteiger partial charge in [0.15, 0.2) is 17.2 Å². The van der Waals surface area contributed by atoms with Gasteiger partial charge in [0.1, 0.15) is 5.82 Å². The molecule has 0 saturated heterocycles. The third-order valence-corrected chi connectivity index (χ3v) is 2.21. The second kappa shape index (κ2) is 3.38. The van der Waals surface area contributed by atoms with E-state index in [0.29, 0.717) is 0 Å². The van der Waals surface area contributed by atoms with Crippen LogP contribution in [0.1, 0.15) is 11.3 Å². The lowest BCUT2D eigenvalue weighted by Gasteiger charge is -2.00. The molecule has 0 bridgehead atoms. The first kappa shape index (κ1) is 9.71. The maximum absolute atomic E-state index is 13.5. The fourth-order valence-electron chi connectivity index (χ4n) is 1.36. The molecule has 0 spiro atoms. The van der Waals surface area contributed by atoms with Crippen molar-refractivity contribution in [1.29, 1.82) is 0 Å². The van der Waals surface area contributed by atoms with Crippen molar-refractivity contribution in [3.63, 3.8) is 0 Å². The van der Waals surface area contributed by atoms with E-state index in [4.69, 9.17) is 4.52 Å². The molecule has 0 fully saturated rings. The molecule has 2 aromatic rings. The highest BCUT2D eigenvalue weighted by molar-refractivity contribution is 5.67. The standard InChI is InChI=1S/C11H10FNO2/c1-6-3-4-9(12)8(5-6)10-11(14)7(2)15-13-10/h3-5,14H,1-2H3. The van der Waals surface area contributed by atoms with Gasteiger partial charge < -0.3 is 9.63 Å². The highest BCUT2D eigenvalue weighted by Gasteiger charge is 2.16. The Kier molecular flexibility index (Phi) is 2.19. The zero-order valence-electron chi connectivity index (χ0n) is 8.41. The van der Waals surface area contributed by atoms with E-state index in [0.717, 1.165) is 5.56 Å². The third-order valence-electron chi connectivity index (χ3n) is 2.21. The Balaban J connectivity index is 2.63. The quantitative estimate of drug-likeness (QED) is 0.782. The Hall–Kier alpha value is -1.84. The number of aryl methyl sites for hydroxylation is 2. The minimum absolute atomic E-state index is 0.112. The summed E-state index contributed by atoms with van der Waals surface area (Å²) in [5.74, 6) is -0.255. The highest BCUT2D eigenvalue weighted by Crippen LogP contribution is 2.32. The molecule has 78 valence electrons. The van der Waals surface area contributed by atoms with Crippen molar-refractivity contribution in [2.24, 2.45) is 0 Å². The number of aromatic nitrogens is 1. The van der Waals surface area contributed by atoms with Crippen LogP contribution in [0.4, 0.5) is 4.39 Å². The zero-order chi connectivity index (χ0) is 11.0. The second-order valence-electron chi connectivity index (χ2n) is 3.42. The van der Waals surface area contributed by atoms with E-state index >= 15 is 0 Å². The van der Waals surface area contributed by atoms with Gasteiger partial charge in [0.05, 0.1) is 0 Å². The van der Waals surface area contributed by atoms with Crippen LogP contribution in [0.3, 0.4) is 0 Å². The van der Waals surface area contributed by atoms with Gasteiger partial charge in [-0.05, 0) is 19.1 Å². The Bertz CT molecular complexity index is 505. The SMILES string of the molecule is Cc1ccc(F)c(-c2noc(C)c2O)c1. The Morgan fingerprint density at radius 3 is 2.67 bits per heavy atom. The first-order valence-corrected chi connectivity index (χ1v) is 4.51. The average molecular weight is 207 g/mol. The van der Waals surface area contributed by atoms with Crippen LogP contribution in [-0.4, -0.2) is 10.3 Å². The Morgan fingerprint density at radius 2 is 2.07 bits per heavy atom. The van der Waals surface area contributed by atoms with Gasteiger partial charge in [-0.15, -0.1) is 0 Å². The van der Waals surface area contributed by atoms with E-state index in [1.54, 1.807) is 19.1 Å². The molecule has 0 radical (unpaired) electrons. The van der Waals surface area contributed by atoms with Crippen LogP contribution in [0.2, 0.25) is 0 Å². The molecule has 3 nitrogen and oxygen atoms in total. The van der Waals surface area contributed by atoms with Crippen molar-refractivity contribution < 1.29 is 14.0 Å². The van der Waals surface area contributed by atoms with Crippen LogP contribution in [0.15, 0.2) is 22.7 Å². The number of halogens is 1. The average Bonchev–Trinajstić information content (AvgIpc) is 2.52. The molecule has 4 heteroatoms. The zero-order valence-corrected chi connectivity index (χ0v) is 8.41. The smallest absolute Gasteiger partial charge is 0.186 e. The first-order valence-electron chi connectivity index (χ1n) is 4.51. The van der Waals surface area contributed by atoms with Crippen molar-refractivity contribution in [1.82, 2.24) is 5.16 Å². The summed E-state index contributed by atoms with van der Waals surface area (Å²) in [6.07, 6.45) is 0. The predicted octanol–water partition coefficient (Wildman–Crippen LogP) is 2.80. The number of rotatable bonds is 1. The molecule has 1 heterocycles. The van der Waals surface area contributed by atoms with Gasteiger partial charge in [-0.25, -0.2) is 4.39 Å². The number of aromatic hydroxyl groups is 1. The van der Waals surface area contributed by atoms with E-state index in [1.807, 2.05) is 6.92 Å². The number of hydrogen-bond donors (Lipinski definition) is 1. The normalized spacial score (nSPS) is 10.6. The summed E-state index contributed by atoms with van der Waals surface area (Å²) in [4.78, 5) is 0. The maximum atomic E-state index is 13.5. The molecule has 0 atom stereocenters. The van der Waals surface area contributed by atoms with Crippen molar-refractivity contribution in [3.05, 3.63) is 35.3 Å². The summed E-state index contributed by atoms with van der Waals surface area (Å²) in [6, 6.07) is 4.61. The van der Waals surface area contributed by atoms with Crippen LogP contribution in [0, 0.1) is 19.7 Å². The Morgan fingerprint density at radius 1 is 1.33 bits per heavy atom. The van der Waals surface area contributed by atoms with Gasteiger partial charge >= 0.3 is 0 Å². The van der Waals surface area contributed by atoms with Crippen LogP contribution in [0.25, 0.3) is 11.3 Å². The van der Waals surface area contributed by atoms with Crippen molar-refractivity contribution in [3.8, 4) is 17.0 Å². The van der Waals surface area contributed by atoms with E-state index in [-0.39, 0.29) is 22.8 Å². The van der Waals surface area contributed by atoms with E-state index < -0.39 is 5.82 Å². The molecule has 2 rings (SSSR count). The predicted molar refractivity (Wildman–Crippen MR) is 53.0 cm³/mol. The molecular formula is C11H10FNO2. The van der Waals surface area contributed by atoms with E-state index in [2.05, 4.69) is 5.16 Å². The van der Waals surface area contributed by atoms with Crippen molar-refractivity contribution >= 4 is 0 Å². The second-order valence-corrected chi connectivity index (χ2v) is 3.42. The molecule has 1 aromatic heterocycles. The van der Waals surface area contributed by atoms with Crippen LogP contribution in [-0.2, 0) is 0 Å². The van der Waals surface area contributed by atoms with Crippen LogP contribution >= 0.6 is 0 Å². The summed E-state index contributed by atoms with van der Waals surface area (Å²) >= 11 is 0. The fraction of sp³-hybridized carbons (Fsp3) is 0.182. The first-order chi connectivity index (χ1) is 7.09. The van der Waals surface area contributed by atoms with Gasteiger partial charge in [-0.3, -0.25) is 0 Å². The van der Waals surface area contributed by atoms with E-state index in [1.165, 1.54) is 6.07 Å².